The molecule has 0 bridgehead atoms. The summed E-state index contributed by atoms with van der Waals surface area (Å²) in [5.74, 6) is 0.835. The van der Waals surface area contributed by atoms with Crippen molar-refractivity contribution in [3.8, 4) is 11.4 Å². The summed E-state index contributed by atoms with van der Waals surface area (Å²) in [5.41, 5.74) is 1.23. The number of anilines is 1. The Morgan fingerprint density at radius 1 is 1.00 bits per heavy atom. The SMILES string of the molecule is O=C([C@H](O)c1ccccc1)N1CCN(c2ccc(-c3nc4ccc(C(F)(F)F)cc4[nH]3)cn2)CC1. The molecule has 35 heavy (non-hydrogen) atoms. The fourth-order valence-electron chi connectivity index (χ4n) is 4.14. The molecule has 0 spiro atoms. The molecule has 2 aromatic carbocycles. The highest BCUT2D eigenvalue weighted by molar-refractivity contribution is 5.82. The molecule has 7 nitrogen and oxygen atoms in total. The molecule has 0 aliphatic carbocycles. The molecular weight excluding hydrogens is 459 g/mol. The third-order valence-corrected chi connectivity index (χ3v) is 6.10. The summed E-state index contributed by atoms with van der Waals surface area (Å²) in [5, 5.41) is 10.4. The standard InChI is InChI=1S/C25H22F3N5O2/c26-25(27,28)18-7-8-19-20(14-18)31-23(30-19)17-6-9-21(29-15-17)32-10-12-33(13-11-32)24(35)22(34)16-4-2-1-3-5-16/h1-9,14-15,22,34H,10-13H2,(H,30,31)/t22-/m1/s1. The number of nitrogens with one attached hydrogen (secondary N) is 1. The minimum atomic E-state index is -4.42. The van der Waals surface area contributed by atoms with Gasteiger partial charge in [-0.1, -0.05) is 30.3 Å². The summed E-state index contributed by atoms with van der Waals surface area (Å²) in [7, 11) is 0. The van der Waals surface area contributed by atoms with Gasteiger partial charge < -0.3 is 19.9 Å². The predicted octanol–water partition coefficient (Wildman–Crippen LogP) is 4.03. The van der Waals surface area contributed by atoms with Crippen LogP contribution in [-0.4, -0.2) is 57.0 Å². The van der Waals surface area contributed by atoms with Crippen LogP contribution in [0.2, 0.25) is 0 Å². The van der Waals surface area contributed by atoms with Crippen LogP contribution >= 0.6 is 0 Å². The number of halogens is 3. The third-order valence-electron chi connectivity index (χ3n) is 6.10. The molecule has 180 valence electrons. The summed E-state index contributed by atoms with van der Waals surface area (Å²) in [4.78, 5) is 28.1. The molecule has 2 N–H and O–H groups in total. The number of amides is 1. The largest absolute Gasteiger partial charge is 0.416 e. The van der Waals surface area contributed by atoms with Crippen LogP contribution in [0.1, 0.15) is 17.2 Å². The van der Waals surface area contributed by atoms with Crippen LogP contribution in [0, 0.1) is 0 Å². The first-order valence-corrected chi connectivity index (χ1v) is 11.1. The number of hydrogen-bond donors (Lipinski definition) is 2. The van der Waals surface area contributed by atoms with Crippen molar-refractivity contribution in [2.45, 2.75) is 12.3 Å². The predicted molar refractivity (Wildman–Crippen MR) is 125 cm³/mol. The van der Waals surface area contributed by atoms with Crippen LogP contribution in [0.5, 0.6) is 0 Å². The minimum Gasteiger partial charge on any atom is -0.378 e. The Bertz CT molecular complexity index is 1330. The van der Waals surface area contributed by atoms with Crippen LogP contribution in [0.4, 0.5) is 19.0 Å². The molecule has 0 unspecified atom stereocenters. The molecule has 2 aromatic heterocycles. The van der Waals surface area contributed by atoms with E-state index in [9.17, 15) is 23.1 Å². The van der Waals surface area contributed by atoms with Crippen LogP contribution in [-0.2, 0) is 11.0 Å². The molecule has 4 aromatic rings. The van der Waals surface area contributed by atoms with E-state index in [0.29, 0.717) is 54.2 Å². The van der Waals surface area contributed by atoms with Gasteiger partial charge in [-0.25, -0.2) is 9.97 Å². The second kappa shape index (κ2) is 9.03. The van der Waals surface area contributed by atoms with Crippen LogP contribution in [0.25, 0.3) is 22.4 Å². The highest BCUT2D eigenvalue weighted by atomic mass is 19.4. The first-order valence-electron chi connectivity index (χ1n) is 11.1. The number of pyridine rings is 1. The number of imidazole rings is 1. The van der Waals surface area contributed by atoms with E-state index < -0.39 is 17.8 Å². The van der Waals surface area contributed by atoms with Crippen molar-refractivity contribution in [2.24, 2.45) is 0 Å². The highest BCUT2D eigenvalue weighted by Gasteiger charge is 2.31. The molecular formula is C25H22F3N5O2. The van der Waals surface area contributed by atoms with E-state index in [0.717, 1.165) is 18.0 Å². The lowest BCUT2D eigenvalue weighted by Crippen LogP contribution is -2.50. The molecule has 1 amide bonds. The van der Waals surface area contributed by atoms with Gasteiger partial charge in [0.1, 0.15) is 11.6 Å². The number of hydrogen-bond acceptors (Lipinski definition) is 5. The van der Waals surface area contributed by atoms with Gasteiger partial charge in [-0.2, -0.15) is 13.2 Å². The normalized spacial score (nSPS) is 15.4. The van der Waals surface area contributed by atoms with Crippen molar-refractivity contribution in [2.75, 3.05) is 31.1 Å². The number of aliphatic hydroxyl groups is 1. The van der Waals surface area contributed by atoms with E-state index in [1.54, 1.807) is 41.4 Å². The summed E-state index contributed by atoms with van der Waals surface area (Å²) < 4.78 is 38.9. The van der Waals surface area contributed by atoms with E-state index in [4.69, 9.17) is 0 Å². The van der Waals surface area contributed by atoms with Gasteiger partial charge in [-0.05, 0) is 35.9 Å². The molecule has 1 aliphatic rings. The van der Waals surface area contributed by atoms with Crippen molar-refractivity contribution >= 4 is 22.8 Å². The van der Waals surface area contributed by atoms with Crippen molar-refractivity contribution in [1.29, 1.82) is 0 Å². The van der Waals surface area contributed by atoms with Gasteiger partial charge in [0.25, 0.3) is 5.91 Å². The number of rotatable bonds is 4. The van der Waals surface area contributed by atoms with Gasteiger partial charge in [-0.3, -0.25) is 4.79 Å². The van der Waals surface area contributed by atoms with Crippen molar-refractivity contribution in [3.63, 3.8) is 0 Å². The van der Waals surface area contributed by atoms with Crippen molar-refractivity contribution < 1.29 is 23.1 Å². The monoisotopic (exact) mass is 481 g/mol. The van der Waals surface area contributed by atoms with Crippen molar-refractivity contribution in [3.05, 3.63) is 78.0 Å². The Hall–Kier alpha value is -3.92. The third kappa shape index (κ3) is 4.69. The fraction of sp³-hybridized carbons (Fsp3) is 0.240. The maximum atomic E-state index is 13.0. The average Bonchev–Trinajstić information content (AvgIpc) is 3.32. The van der Waals surface area contributed by atoms with Crippen LogP contribution in [0.15, 0.2) is 66.9 Å². The zero-order valence-electron chi connectivity index (χ0n) is 18.5. The smallest absolute Gasteiger partial charge is 0.378 e. The molecule has 1 saturated heterocycles. The van der Waals surface area contributed by atoms with E-state index in [1.165, 1.54) is 6.07 Å². The second-order valence-corrected chi connectivity index (χ2v) is 8.35. The number of carbonyl (C=O) groups excluding carboxylic acids is 1. The van der Waals surface area contributed by atoms with E-state index in [1.807, 2.05) is 17.0 Å². The number of H-pyrrole nitrogens is 1. The van der Waals surface area contributed by atoms with E-state index >= 15 is 0 Å². The lowest BCUT2D eigenvalue weighted by Gasteiger charge is -2.36. The second-order valence-electron chi connectivity index (χ2n) is 8.35. The Kier molecular flexibility index (Phi) is 5.89. The number of piperazine rings is 1. The van der Waals surface area contributed by atoms with Gasteiger partial charge in [-0.15, -0.1) is 0 Å². The highest BCUT2D eigenvalue weighted by Crippen LogP contribution is 2.32. The number of benzene rings is 2. The Morgan fingerprint density at radius 2 is 1.74 bits per heavy atom. The molecule has 0 radical (unpaired) electrons. The quantitative estimate of drug-likeness (QED) is 0.460. The zero-order chi connectivity index (χ0) is 24.6. The first kappa shape index (κ1) is 22.9. The average molecular weight is 481 g/mol. The van der Waals surface area contributed by atoms with E-state index in [-0.39, 0.29) is 5.91 Å². The summed E-state index contributed by atoms with van der Waals surface area (Å²) in [6.45, 7) is 2.03. The number of aromatic amines is 1. The first-order chi connectivity index (χ1) is 16.8. The number of fused-ring (bicyclic) bond motifs is 1. The topological polar surface area (TPSA) is 85.4 Å². The molecule has 10 heteroatoms. The molecule has 3 heterocycles. The van der Waals surface area contributed by atoms with Gasteiger partial charge in [0, 0.05) is 37.9 Å². The molecule has 5 rings (SSSR count). The maximum absolute atomic E-state index is 13.0. The Balaban J connectivity index is 1.24. The summed E-state index contributed by atoms with van der Waals surface area (Å²) >= 11 is 0. The number of aliphatic hydroxyl groups excluding tert-OH is 1. The van der Waals surface area contributed by atoms with E-state index in [2.05, 4.69) is 15.0 Å². The number of carbonyl (C=O) groups is 1. The van der Waals surface area contributed by atoms with Gasteiger partial charge in [0.05, 0.1) is 16.6 Å². The molecule has 1 fully saturated rings. The lowest BCUT2D eigenvalue weighted by atomic mass is 10.1. The van der Waals surface area contributed by atoms with Gasteiger partial charge in [0.15, 0.2) is 6.10 Å². The van der Waals surface area contributed by atoms with Gasteiger partial charge in [0.2, 0.25) is 0 Å². The minimum absolute atomic E-state index is 0.303. The lowest BCUT2D eigenvalue weighted by molar-refractivity contribution is -0.141. The number of aromatic nitrogens is 3. The Labute approximate surface area is 198 Å². The molecule has 1 aliphatic heterocycles. The van der Waals surface area contributed by atoms with Crippen LogP contribution in [0.3, 0.4) is 0 Å². The Morgan fingerprint density at radius 3 is 2.40 bits per heavy atom. The summed E-state index contributed by atoms with van der Waals surface area (Å²) in [6.07, 6.45) is -3.98. The molecule has 0 saturated carbocycles. The van der Waals surface area contributed by atoms with Gasteiger partial charge >= 0.3 is 6.18 Å². The van der Waals surface area contributed by atoms with Crippen molar-refractivity contribution in [1.82, 2.24) is 19.9 Å². The number of alkyl halides is 3. The fourth-order valence-corrected chi connectivity index (χ4v) is 4.14. The molecule has 1 atom stereocenters. The number of nitrogens with zero attached hydrogens (tertiary/aromatic N) is 4. The zero-order valence-corrected chi connectivity index (χ0v) is 18.5. The van der Waals surface area contributed by atoms with Crippen LogP contribution < -0.4 is 4.90 Å². The summed E-state index contributed by atoms with van der Waals surface area (Å²) in [6, 6.07) is 15.9. The maximum Gasteiger partial charge on any atom is 0.416 e.